The first-order valence-electron chi connectivity index (χ1n) is 24.1. The summed E-state index contributed by atoms with van der Waals surface area (Å²) in [7, 11) is -5.07. The number of nitrogens with one attached hydrogen (secondary N) is 1. The standard InChI is InChI=1S/C46H90NO11P/c1-3-5-7-9-11-13-15-16-17-18-19-20-21-22-23-24-26-28-30-32-34-36-40(49)47-38(39(48)35-33-31-29-27-25-14-12-10-8-6-4-2)37-57-59(55,56)58-46-44(53)42(51)41(50)43(52)45(46)54/h33,35,38-39,41-46,48,50-54H,3-32,34,36-37H2,1-2H3,(H,47,49)(H,55,56). The summed E-state index contributed by atoms with van der Waals surface area (Å²) in [6.45, 7) is 3.83. The molecule has 1 rings (SSSR count). The zero-order valence-electron chi connectivity index (χ0n) is 37.3. The lowest BCUT2D eigenvalue weighted by Gasteiger charge is -2.41. The molecule has 1 fully saturated rings. The van der Waals surface area contributed by atoms with Crippen LogP contribution in [0.3, 0.4) is 0 Å². The monoisotopic (exact) mass is 864 g/mol. The van der Waals surface area contributed by atoms with E-state index in [1.165, 1.54) is 154 Å². The van der Waals surface area contributed by atoms with Crippen LogP contribution in [0, 0.1) is 0 Å². The first-order valence-corrected chi connectivity index (χ1v) is 25.6. The van der Waals surface area contributed by atoms with Crippen LogP contribution in [0.5, 0.6) is 0 Å². The molecule has 7 atom stereocenters. The van der Waals surface area contributed by atoms with Crippen molar-refractivity contribution in [2.45, 2.75) is 268 Å². The molecule has 1 saturated carbocycles. The number of hydrogen-bond acceptors (Lipinski definition) is 10. The minimum Gasteiger partial charge on any atom is -0.387 e. The molecule has 12 nitrogen and oxygen atoms in total. The van der Waals surface area contributed by atoms with Gasteiger partial charge >= 0.3 is 7.82 Å². The molecular formula is C46H90NO11P. The summed E-state index contributed by atoms with van der Waals surface area (Å²) in [6.07, 6.45) is 28.7. The van der Waals surface area contributed by atoms with Gasteiger partial charge in [-0.1, -0.05) is 206 Å². The Hall–Kier alpha value is -0.920. The Morgan fingerprint density at radius 3 is 1.29 bits per heavy atom. The van der Waals surface area contributed by atoms with Crippen LogP contribution in [-0.4, -0.2) is 96.8 Å². The predicted molar refractivity (Wildman–Crippen MR) is 237 cm³/mol. The van der Waals surface area contributed by atoms with E-state index in [1.807, 2.05) is 6.08 Å². The molecular weight excluding hydrogens is 773 g/mol. The lowest BCUT2D eigenvalue weighted by molar-refractivity contribution is -0.220. The second kappa shape index (κ2) is 36.6. The highest BCUT2D eigenvalue weighted by Gasteiger charge is 2.51. The molecule has 13 heteroatoms. The van der Waals surface area contributed by atoms with Crippen molar-refractivity contribution in [3.8, 4) is 0 Å². The average Bonchev–Trinajstić information content (AvgIpc) is 3.22. The number of phosphoric acid groups is 1. The second-order valence-electron chi connectivity index (χ2n) is 17.3. The van der Waals surface area contributed by atoms with E-state index in [1.54, 1.807) is 0 Å². The molecule has 0 aromatic carbocycles. The summed E-state index contributed by atoms with van der Waals surface area (Å²) in [4.78, 5) is 23.4. The van der Waals surface area contributed by atoms with Crippen LogP contribution in [0.1, 0.15) is 219 Å². The van der Waals surface area contributed by atoms with E-state index < -0.39 is 63.2 Å². The van der Waals surface area contributed by atoms with E-state index in [2.05, 4.69) is 19.2 Å². The minimum atomic E-state index is -5.07. The highest BCUT2D eigenvalue weighted by molar-refractivity contribution is 7.47. The number of aliphatic hydroxyl groups is 6. The number of carbonyl (C=O) groups is 1. The van der Waals surface area contributed by atoms with Crippen LogP contribution in [0.2, 0.25) is 0 Å². The normalized spacial score (nSPS) is 23.1. The minimum absolute atomic E-state index is 0.219. The van der Waals surface area contributed by atoms with E-state index in [-0.39, 0.29) is 12.3 Å². The number of aliphatic hydroxyl groups excluding tert-OH is 6. The molecule has 0 bridgehead atoms. The number of rotatable bonds is 40. The zero-order valence-corrected chi connectivity index (χ0v) is 38.2. The lowest BCUT2D eigenvalue weighted by atomic mass is 9.85. The van der Waals surface area contributed by atoms with E-state index in [0.717, 1.165) is 44.9 Å². The third-order valence-corrected chi connectivity index (χ3v) is 12.8. The molecule has 0 spiro atoms. The number of phosphoric ester groups is 1. The van der Waals surface area contributed by atoms with Gasteiger partial charge in [-0.2, -0.15) is 0 Å². The van der Waals surface area contributed by atoms with Crippen LogP contribution in [-0.2, 0) is 18.4 Å². The van der Waals surface area contributed by atoms with E-state index >= 15 is 0 Å². The topological polar surface area (TPSA) is 206 Å². The Balaban J connectivity index is 2.39. The van der Waals surface area contributed by atoms with Gasteiger partial charge in [0.05, 0.1) is 18.8 Å². The van der Waals surface area contributed by atoms with Gasteiger partial charge in [0.15, 0.2) is 0 Å². The van der Waals surface area contributed by atoms with Crippen molar-refractivity contribution in [1.82, 2.24) is 5.32 Å². The molecule has 0 aromatic rings. The molecule has 0 aromatic heterocycles. The Kier molecular flexibility index (Phi) is 34.8. The second-order valence-corrected chi connectivity index (χ2v) is 18.7. The van der Waals surface area contributed by atoms with E-state index in [9.17, 15) is 44.9 Å². The van der Waals surface area contributed by atoms with Crippen LogP contribution < -0.4 is 5.32 Å². The fraction of sp³-hybridized carbons (Fsp3) is 0.935. The maximum atomic E-state index is 12.9. The van der Waals surface area contributed by atoms with Crippen molar-refractivity contribution in [3.63, 3.8) is 0 Å². The molecule has 7 unspecified atom stereocenters. The molecule has 0 heterocycles. The van der Waals surface area contributed by atoms with Gasteiger partial charge in [-0.3, -0.25) is 13.8 Å². The van der Waals surface area contributed by atoms with Crippen LogP contribution in [0.15, 0.2) is 12.2 Å². The lowest BCUT2D eigenvalue weighted by Crippen LogP contribution is -2.64. The molecule has 1 aliphatic rings. The van der Waals surface area contributed by atoms with Crippen LogP contribution in [0.25, 0.3) is 0 Å². The quantitative estimate of drug-likeness (QED) is 0.0166. The van der Waals surface area contributed by atoms with Crippen LogP contribution in [0.4, 0.5) is 0 Å². The van der Waals surface area contributed by atoms with Gasteiger partial charge in [-0.25, -0.2) is 4.57 Å². The summed E-state index contributed by atoms with van der Waals surface area (Å²) >= 11 is 0. The number of allylic oxidation sites excluding steroid dienone is 1. The fourth-order valence-electron chi connectivity index (χ4n) is 7.84. The zero-order chi connectivity index (χ0) is 43.6. The Morgan fingerprint density at radius 1 is 0.559 bits per heavy atom. The average molecular weight is 864 g/mol. The maximum absolute atomic E-state index is 12.9. The summed E-state index contributed by atoms with van der Waals surface area (Å²) in [6, 6.07) is -1.11. The van der Waals surface area contributed by atoms with Gasteiger partial charge in [-0.15, -0.1) is 0 Å². The highest BCUT2D eigenvalue weighted by atomic mass is 31.2. The van der Waals surface area contributed by atoms with Crippen molar-refractivity contribution in [3.05, 3.63) is 12.2 Å². The van der Waals surface area contributed by atoms with Crippen molar-refractivity contribution >= 4 is 13.7 Å². The Bertz CT molecular complexity index is 1050. The number of carbonyl (C=O) groups excluding carboxylic acids is 1. The molecule has 0 aliphatic heterocycles. The van der Waals surface area contributed by atoms with Gasteiger partial charge in [0.25, 0.3) is 0 Å². The summed E-state index contributed by atoms with van der Waals surface area (Å²) in [5, 5.41) is 63.9. The smallest absolute Gasteiger partial charge is 0.387 e. The van der Waals surface area contributed by atoms with E-state index in [4.69, 9.17) is 9.05 Å². The van der Waals surface area contributed by atoms with Crippen molar-refractivity contribution < 1.29 is 53.9 Å². The fourth-order valence-corrected chi connectivity index (χ4v) is 8.81. The molecule has 350 valence electrons. The molecule has 1 amide bonds. The number of hydrogen-bond donors (Lipinski definition) is 8. The summed E-state index contributed by atoms with van der Waals surface area (Å²) in [5.41, 5.74) is 0. The molecule has 0 saturated heterocycles. The van der Waals surface area contributed by atoms with Gasteiger partial charge in [-0.05, 0) is 19.3 Å². The maximum Gasteiger partial charge on any atom is 0.472 e. The highest BCUT2D eigenvalue weighted by Crippen LogP contribution is 2.47. The van der Waals surface area contributed by atoms with Crippen molar-refractivity contribution in [2.24, 2.45) is 0 Å². The first-order chi connectivity index (χ1) is 28.4. The Labute approximate surface area is 359 Å². The molecule has 1 aliphatic carbocycles. The van der Waals surface area contributed by atoms with Crippen molar-refractivity contribution in [1.29, 1.82) is 0 Å². The van der Waals surface area contributed by atoms with Crippen LogP contribution >= 0.6 is 7.82 Å². The number of unbranched alkanes of at least 4 members (excludes halogenated alkanes) is 29. The van der Waals surface area contributed by atoms with Gasteiger partial charge in [0, 0.05) is 6.42 Å². The molecule has 8 N–H and O–H groups in total. The molecule has 59 heavy (non-hydrogen) atoms. The predicted octanol–water partition coefficient (Wildman–Crippen LogP) is 9.23. The summed E-state index contributed by atoms with van der Waals surface area (Å²) < 4.78 is 22.9. The van der Waals surface area contributed by atoms with Gasteiger partial charge < -0.3 is 40.8 Å². The first kappa shape index (κ1) is 56.1. The van der Waals surface area contributed by atoms with E-state index in [0.29, 0.717) is 6.42 Å². The number of amides is 1. The van der Waals surface area contributed by atoms with Gasteiger partial charge in [0.2, 0.25) is 5.91 Å². The molecule has 0 radical (unpaired) electrons. The van der Waals surface area contributed by atoms with Crippen molar-refractivity contribution in [2.75, 3.05) is 6.61 Å². The third-order valence-electron chi connectivity index (χ3n) is 11.8. The SMILES string of the molecule is CCCCCCCCCCCC=CC(O)C(COP(=O)(O)OC1C(O)C(O)C(O)C(O)C1O)NC(=O)CCCCCCCCCCCCCCCCCCCCCCC. The third kappa shape index (κ3) is 28.4. The Morgan fingerprint density at radius 2 is 0.898 bits per heavy atom. The summed E-state index contributed by atoms with van der Waals surface area (Å²) in [5.74, 6) is -0.338. The van der Waals surface area contributed by atoms with Gasteiger partial charge in [0.1, 0.15) is 36.6 Å². The largest absolute Gasteiger partial charge is 0.472 e.